The summed E-state index contributed by atoms with van der Waals surface area (Å²) in [5, 5.41) is 39.0. The van der Waals surface area contributed by atoms with Gasteiger partial charge in [0.1, 0.15) is 12.4 Å². The second-order valence-electron chi connectivity index (χ2n) is 13.3. The van der Waals surface area contributed by atoms with Gasteiger partial charge < -0.3 is 15.2 Å². The van der Waals surface area contributed by atoms with Crippen LogP contribution in [-0.4, -0.2) is 65.0 Å². The average Bonchev–Trinajstić information content (AvgIpc) is 3.61. The smallest absolute Gasteiger partial charge is 0.335 e. The first-order chi connectivity index (χ1) is 25.2. The van der Waals surface area contributed by atoms with Crippen LogP contribution >= 0.6 is 11.6 Å². The van der Waals surface area contributed by atoms with Gasteiger partial charge in [0.2, 0.25) is 11.6 Å². The highest BCUT2D eigenvalue weighted by atomic mass is 35.5. The summed E-state index contributed by atoms with van der Waals surface area (Å²) in [4.78, 5) is 27.1. The van der Waals surface area contributed by atoms with Crippen LogP contribution in [0.4, 0.5) is 4.39 Å². The molecule has 3 aromatic carbocycles. The Balaban J connectivity index is 1.09. The highest BCUT2D eigenvalue weighted by Gasteiger charge is 2.48. The number of likely N-dealkylation sites (tertiary alicyclic amines) is 1. The van der Waals surface area contributed by atoms with E-state index in [0.717, 1.165) is 17.5 Å². The zero-order chi connectivity index (χ0) is 35.9. The first-order valence-corrected chi connectivity index (χ1v) is 17.3. The average molecular weight is 719 g/mol. The molecule has 262 valence electrons. The Labute approximate surface area is 302 Å². The number of hydrogen-bond acceptors (Lipinski definition) is 7. The van der Waals surface area contributed by atoms with E-state index in [-0.39, 0.29) is 39.5 Å². The second kappa shape index (κ2) is 13.6. The fourth-order valence-corrected chi connectivity index (χ4v) is 7.45. The Kier molecular flexibility index (Phi) is 8.71. The number of pyridine rings is 1. The Morgan fingerprint density at radius 1 is 1.02 bits per heavy atom. The van der Waals surface area contributed by atoms with E-state index in [0.29, 0.717) is 48.0 Å². The first kappa shape index (κ1) is 33.2. The maximum Gasteiger partial charge on any atom is 0.335 e. The summed E-state index contributed by atoms with van der Waals surface area (Å²) < 4.78 is 19.3. The van der Waals surface area contributed by atoms with E-state index in [1.54, 1.807) is 41.2 Å². The first-order valence-electron chi connectivity index (χ1n) is 16.9. The molecule has 0 radical (unpaired) electrons. The lowest BCUT2D eigenvalue weighted by Gasteiger charge is -2.20. The summed E-state index contributed by atoms with van der Waals surface area (Å²) in [7, 11) is 0. The molecule has 52 heavy (non-hydrogen) atoms. The minimum Gasteiger partial charge on any atom is -0.618 e. The van der Waals surface area contributed by atoms with Gasteiger partial charge in [-0.3, -0.25) is 9.48 Å². The van der Waals surface area contributed by atoms with Crippen LogP contribution in [0, 0.1) is 22.9 Å². The number of tetrazole rings is 1. The monoisotopic (exact) mass is 718 g/mol. The van der Waals surface area contributed by atoms with Gasteiger partial charge in [0.05, 0.1) is 33.6 Å². The second-order valence-corrected chi connectivity index (χ2v) is 13.7. The van der Waals surface area contributed by atoms with Crippen molar-refractivity contribution in [2.45, 2.75) is 31.2 Å². The Morgan fingerprint density at radius 2 is 1.81 bits per heavy atom. The van der Waals surface area contributed by atoms with E-state index in [1.807, 2.05) is 29.3 Å². The number of aromatic carboxylic acids is 1. The van der Waals surface area contributed by atoms with E-state index < -0.39 is 17.8 Å². The number of carboxylic acid groups (broad SMARTS) is 1. The zero-order valence-electron chi connectivity index (χ0n) is 27.7. The number of carbonyl (C=O) groups excluding carboxylic acids is 1. The van der Waals surface area contributed by atoms with Crippen molar-refractivity contribution >= 4 is 23.5 Å². The third-order valence-corrected chi connectivity index (χ3v) is 10.5. The van der Waals surface area contributed by atoms with Crippen molar-refractivity contribution in [2.24, 2.45) is 11.8 Å². The standard InChI is InChI=1S/C38H32ClFN8O4/c39-31-11-13-33(47-22-41-43-44-47)35(36(31)40)27-10-12-32(48(52)21-27)34(46-20-29(18-42-46)24-6-8-25(9-7-24)38(50)51)17-28-16-30(28)37(49)45-15-14-26(19-45)23-4-2-1-3-5-23/h1-13,18,20-22,26,28,30,34H,14-17,19H2,(H,50,51)/t26?,28?,30?,34-/m0/s1. The molecule has 0 bridgehead atoms. The summed E-state index contributed by atoms with van der Waals surface area (Å²) in [5.74, 6) is -1.43. The van der Waals surface area contributed by atoms with E-state index >= 15 is 4.39 Å². The van der Waals surface area contributed by atoms with Gasteiger partial charge in [-0.25, -0.2) is 9.18 Å². The summed E-state index contributed by atoms with van der Waals surface area (Å²) in [6, 6.07) is 22.4. The quantitative estimate of drug-likeness (QED) is 0.135. The van der Waals surface area contributed by atoms with E-state index in [9.17, 15) is 19.9 Å². The molecule has 2 fully saturated rings. The number of rotatable bonds is 10. The normalized spacial score (nSPS) is 18.7. The Bertz CT molecular complexity index is 2270. The summed E-state index contributed by atoms with van der Waals surface area (Å²) >= 11 is 6.17. The molecule has 4 atom stereocenters. The minimum atomic E-state index is -1.02. The SMILES string of the molecule is O=C(O)c1ccc(-c2cnn([C@@H](CC3CC3C(=O)N3CCC(c4ccccc4)C3)c3ccc(-c4c(-n5cnnn5)ccc(Cl)c4F)c[n+]3[O-])c2)cc1. The number of halogens is 2. The summed E-state index contributed by atoms with van der Waals surface area (Å²) in [5.41, 5.74) is 3.88. The molecule has 2 aliphatic rings. The molecule has 12 nitrogen and oxygen atoms in total. The molecule has 4 heterocycles. The van der Waals surface area contributed by atoms with Crippen LogP contribution in [0.3, 0.4) is 0 Å². The summed E-state index contributed by atoms with van der Waals surface area (Å²) in [6.07, 6.45) is 8.18. The largest absolute Gasteiger partial charge is 0.618 e. The Hall–Kier alpha value is -5.95. The fourth-order valence-electron chi connectivity index (χ4n) is 7.29. The van der Waals surface area contributed by atoms with Gasteiger partial charge in [-0.2, -0.15) is 14.5 Å². The molecule has 6 aromatic rings. The van der Waals surface area contributed by atoms with Gasteiger partial charge in [0.25, 0.3) is 0 Å². The molecule has 1 amide bonds. The lowest BCUT2D eigenvalue weighted by molar-refractivity contribution is -0.615. The predicted molar refractivity (Wildman–Crippen MR) is 188 cm³/mol. The number of amides is 1. The molecule has 1 aliphatic carbocycles. The third kappa shape index (κ3) is 6.39. The molecular formula is C38H32ClFN8O4. The highest BCUT2D eigenvalue weighted by Crippen LogP contribution is 2.47. The van der Waals surface area contributed by atoms with Crippen molar-refractivity contribution in [3.63, 3.8) is 0 Å². The van der Waals surface area contributed by atoms with Crippen LogP contribution in [0.15, 0.2) is 104 Å². The van der Waals surface area contributed by atoms with Crippen molar-refractivity contribution < 1.29 is 23.8 Å². The van der Waals surface area contributed by atoms with Gasteiger partial charge in [0, 0.05) is 42.8 Å². The topological polar surface area (TPSA) is 146 Å². The lowest BCUT2D eigenvalue weighted by atomic mass is 9.99. The van der Waals surface area contributed by atoms with Crippen molar-refractivity contribution in [2.75, 3.05) is 13.1 Å². The van der Waals surface area contributed by atoms with E-state index in [4.69, 9.17) is 11.6 Å². The number of benzene rings is 3. The number of nitrogens with zero attached hydrogens (tertiary/aromatic N) is 8. The van der Waals surface area contributed by atoms with Crippen LogP contribution in [0.25, 0.3) is 27.9 Å². The molecule has 3 unspecified atom stereocenters. The molecule has 1 saturated heterocycles. The molecule has 3 aromatic heterocycles. The molecule has 14 heteroatoms. The van der Waals surface area contributed by atoms with Crippen LogP contribution in [0.5, 0.6) is 0 Å². The molecule has 1 saturated carbocycles. The van der Waals surface area contributed by atoms with Crippen molar-refractivity contribution in [3.8, 4) is 27.9 Å². The Morgan fingerprint density at radius 3 is 2.54 bits per heavy atom. The molecular weight excluding hydrogens is 687 g/mol. The van der Waals surface area contributed by atoms with Crippen LogP contribution in [-0.2, 0) is 4.79 Å². The van der Waals surface area contributed by atoms with E-state index in [2.05, 4.69) is 32.8 Å². The maximum atomic E-state index is 15.6. The van der Waals surface area contributed by atoms with Gasteiger partial charge >= 0.3 is 5.97 Å². The van der Waals surface area contributed by atoms with E-state index in [1.165, 1.54) is 41.0 Å². The van der Waals surface area contributed by atoms with Crippen molar-refractivity contribution in [1.29, 1.82) is 0 Å². The minimum absolute atomic E-state index is 0.0206. The number of hydrogen-bond donors (Lipinski definition) is 1. The molecule has 0 spiro atoms. The van der Waals surface area contributed by atoms with Crippen LogP contribution in [0.2, 0.25) is 5.02 Å². The number of carboxylic acids is 1. The number of carbonyl (C=O) groups is 2. The van der Waals surface area contributed by atoms with Crippen LogP contribution < -0.4 is 4.73 Å². The molecule has 1 aliphatic heterocycles. The van der Waals surface area contributed by atoms with Crippen molar-refractivity contribution in [3.05, 3.63) is 137 Å². The number of aromatic nitrogens is 7. The van der Waals surface area contributed by atoms with Gasteiger partial charge in [0.15, 0.2) is 12.0 Å². The molecule has 8 rings (SSSR count). The van der Waals surface area contributed by atoms with Gasteiger partial charge in [-0.05, 0) is 77.1 Å². The molecule has 1 N–H and O–H groups in total. The highest BCUT2D eigenvalue weighted by molar-refractivity contribution is 6.31. The fraction of sp³-hybridized carbons (Fsp3) is 0.237. The maximum absolute atomic E-state index is 15.6. The lowest BCUT2D eigenvalue weighted by Crippen LogP contribution is -2.36. The van der Waals surface area contributed by atoms with Crippen molar-refractivity contribution in [1.82, 2.24) is 34.9 Å². The summed E-state index contributed by atoms with van der Waals surface area (Å²) in [6.45, 7) is 1.40. The third-order valence-electron chi connectivity index (χ3n) is 10.2. The van der Waals surface area contributed by atoms with Crippen LogP contribution in [0.1, 0.15) is 52.8 Å². The predicted octanol–water partition coefficient (Wildman–Crippen LogP) is 5.95. The zero-order valence-corrected chi connectivity index (χ0v) is 28.4. The van der Waals surface area contributed by atoms with Gasteiger partial charge in [-0.1, -0.05) is 54.1 Å². The van der Waals surface area contributed by atoms with Gasteiger partial charge in [-0.15, -0.1) is 5.10 Å².